The topological polar surface area (TPSA) is 51.0 Å². The molecule has 1 heterocycles. The first-order valence-corrected chi connectivity index (χ1v) is 5.24. The Morgan fingerprint density at radius 3 is 3.07 bits per heavy atom. The minimum Gasteiger partial charge on any atom is -0.399 e. The van der Waals surface area contributed by atoms with Crippen LogP contribution in [0.15, 0.2) is 24.4 Å². The zero-order valence-corrected chi connectivity index (χ0v) is 8.92. The lowest BCUT2D eigenvalue weighted by molar-refractivity contribution is 0.151. The van der Waals surface area contributed by atoms with Crippen LogP contribution in [0.2, 0.25) is 0 Å². The van der Waals surface area contributed by atoms with Gasteiger partial charge in [0.05, 0.1) is 6.61 Å². The van der Waals surface area contributed by atoms with Crippen LogP contribution in [0, 0.1) is 0 Å². The lowest BCUT2D eigenvalue weighted by Gasteiger charge is -2.00. The van der Waals surface area contributed by atoms with E-state index in [1.807, 2.05) is 25.3 Å². The highest BCUT2D eigenvalue weighted by Gasteiger charge is 2.03. The number of aromatic amines is 1. The van der Waals surface area contributed by atoms with Crippen LogP contribution in [0.1, 0.15) is 12.5 Å². The van der Waals surface area contributed by atoms with Gasteiger partial charge in [-0.15, -0.1) is 0 Å². The molecule has 3 nitrogen and oxygen atoms in total. The molecule has 0 fully saturated rings. The second kappa shape index (κ2) is 4.36. The first-order valence-electron chi connectivity index (χ1n) is 5.24. The Balaban J connectivity index is 2.21. The molecule has 15 heavy (non-hydrogen) atoms. The SMILES string of the molecule is CCOCCc1c[nH]c2cc(N)ccc12. The third kappa shape index (κ3) is 2.13. The van der Waals surface area contributed by atoms with Crippen LogP contribution in [0.5, 0.6) is 0 Å². The first-order chi connectivity index (χ1) is 7.31. The predicted molar refractivity (Wildman–Crippen MR) is 62.9 cm³/mol. The Kier molecular flexibility index (Phi) is 2.92. The summed E-state index contributed by atoms with van der Waals surface area (Å²) in [6, 6.07) is 5.95. The lowest BCUT2D eigenvalue weighted by Crippen LogP contribution is -1.96. The van der Waals surface area contributed by atoms with Crippen molar-refractivity contribution in [2.45, 2.75) is 13.3 Å². The second-order valence-electron chi connectivity index (χ2n) is 3.57. The summed E-state index contributed by atoms with van der Waals surface area (Å²) in [5.41, 5.74) is 8.89. The molecular weight excluding hydrogens is 188 g/mol. The maximum atomic E-state index is 5.71. The number of anilines is 1. The fourth-order valence-electron chi connectivity index (χ4n) is 1.74. The Morgan fingerprint density at radius 2 is 2.27 bits per heavy atom. The van der Waals surface area contributed by atoms with Crippen molar-refractivity contribution in [2.24, 2.45) is 0 Å². The third-order valence-electron chi connectivity index (χ3n) is 2.51. The molecule has 0 aliphatic carbocycles. The fourth-order valence-corrected chi connectivity index (χ4v) is 1.74. The van der Waals surface area contributed by atoms with Crippen LogP contribution in [-0.4, -0.2) is 18.2 Å². The molecule has 1 aromatic heterocycles. The standard InChI is InChI=1S/C12H16N2O/c1-2-15-6-5-9-8-14-12-7-10(13)3-4-11(9)12/h3-4,7-8,14H,2,5-6,13H2,1H3. The zero-order chi connectivity index (χ0) is 10.7. The van der Waals surface area contributed by atoms with E-state index in [0.717, 1.165) is 30.8 Å². The molecule has 80 valence electrons. The van der Waals surface area contributed by atoms with E-state index in [0.29, 0.717) is 0 Å². The summed E-state index contributed by atoms with van der Waals surface area (Å²) < 4.78 is 5.34. The molecule has 0 saturated carbocycles. The average Bonchev–Trinajstić information content (AvgIpc) is 2.61. The quantitative estimate of drug-likeness (QED) is 0.593. The van der Waals surface area contributed by atoms with Crippen molar-refractivity contribution in [3.63, 3.8) is 0 Å². The highest BCUT2D eigenvalue weighted by molar-refractivity contribution is 5.85. The molecule has 3 heteroatoms. The lowest BCUT2D eigenvalue weighted by atomic mass is 10.1. The second-order valence-corrected chi connectivity index (χ2v) is 3.57. The predicted octanol–water partition coefficient (Wildman–Crippen LogP) is 2.33. The summed E-state index contributed by atoms with van der Waals surface area (Å²) in [4.78, 5) is 3.22. The van der Waals surface area contributed by atoms with Crippen molar-refractivity contribution in [2.75, 3.05) is 18.9 Å². The number of fused-ring (bicyclic) bond motifs is 1. The minimum absolute atomic E-state index is 0.772. The van der Waals surface area contributed by atoms with Crippen molar-refractivity contribution in [1.29, 1.82) is 0 Å². The summed E-state index contributed by atoms with van der Waals surface area (Å²) in [7, 11) is 0. The van der Waals surface area contributed by atoms with Crippen LogP contribution in [0.3, 0.4) is 0 Å². The molecule has 2 rings (SSSR count). The average molecular weight is 204 g/mol. The highest BCUT2D eigenvalue weighted by atomic mass is 16.5. The van der Waals surface area contributed by atoms with E-state index in [9.17, 15) is 0 Å². The molecule has 0 aliphatic rings. The molecule has 2 aromatic rings. The van der Waals surface area contributed by atoms with Gasteiger partial charge in [-0.1, -0.05) is 6.07 Å². The molecule has 0 amide bonds. The van der Waals surface area contributed by atoms with Gasteiger partial charge >= 0.3 is 0 Å². The van der Waals surface area contributed by atoms with E-state index >= 15 is 0 Å². The normalized spacial score (nSPS) is 11.0. The van der Waals surface area contributed by atoms with Gasteiger partial charge in [0.25, 0.3) is 0 Å². The van der Waals surface area contributed by atoms with Crippen molar-refractivity contribution in [3.05, 3.63) is 30.0 Å². The van der Waals surface area contributed by atoms with E-state index in [4.69, 9.17) is 10.5 Å². The molecule has 0 atom stereocenters. The van der Waals surface area contributed by atoms with Crippen molar-refractivity contribution < 1.29 is 4.74 Å². The van der Waals surface area contributed by atoms with Gasteiger partial charge < -0.3 is 15.5 Å². The summed E-state index contributed by atoms with van der Waals surface area (Å²) >= 11 is 0. The van der Waals surface area contributed by atoms with Gasteiger partial charge in [-0.05, 0) is 31.0 Å². The number of ether oxygens (including phenoxy) is 1. The van der Waals surface area contributed by atoms with Crippen molar-refractivity contribution in [3.8, 4) is 0 Å². The zero-order valence-electron chi connectivity index (χ0n) is 8.92. The van der Waals surface area contributed by atoms with Crippen LogP contribution in [-0.2, 0) is 11.2 Å². The molecular formula is C12H16N2O. The van der Waals surface area contributed by atoms with Crippen molar-refractivity contribution in [1.82, 2.24) is 4.98 Å². The number of nitrogens with two attached hydrogens (primary N) is 1. The van der Waals surface area contributed by atoms with E-state index in [2.05, 4.69) is 11.1 Å². The molecule has 1 aromatic carbocycles. The monoisotopic (exact) mass is 204 g/mol. The maximum Gasteiger partial charge on any atom is 0.0507 e. The molecule has 0 spiro atoms. The van der Waals surface area contributed by atoms with Gasteiger partial charge in [0.2, 0.25) is 0 Å². The minimum atomic E-state index is 0.772. The van der Waals surface area contributed by atoms with E-state index in [-0.39, 0.29) is 0 Å². The summed E-state index contributed by atoms with van der Waals surface area (Å²) in [5, 5.41) is 1.24. The number of benzene rings is 1. The van der Waals surface area contributed by atoms with Crippen LogP contribution in [0.25, 0.3) is 10.9 Å². The fraction of sp³-hybridized carbons (Fsp3) is 0.333. The van der Waals surface area contributed by atoms with E-state index in [1.165, 1.54) is 10.9 Å². The summed E-state index contributed by atoms with van der Waals surface area (Å²) in [5.74, 6) is 0. The molecule has 0 unspecified atom stereocenters. The largest absolute Gasteiger partial charge is 0.399 e. The number of nitrogen functional groups attached to an aromatic ring is 1. The molecule has 0 radical (unpaired) electrons. The number of nitrogens with one attached hydrogen (secondary N) is 1. The highest BCUT2D eigenvalue weighted by Crippen LogP contribution is 2.20. The summed E-state index contributed by atoms with van der Waals surface area (Å²) in [6.07, 6.45) is 2.97. The Hall–Kier alpha value is -1.48. The van der Waals surface area contributed by atoms with Gasteiger partial charge in [-0.2, -0.15) is 0 Å². The van der Waals surface area contributed by atoms with Crippen LogP contribution >= 0.6 is 0 Å². The Bertz CT molecular complexity index is 448. The Morgan fingerprint density at radius 1 is 1.40 bits per heavy atom. The summed E-state index contributed by atoms with van der Waals surface area (Å²) in [6.45, 7) is 3.55. The number of hydrogen-bond donors (Lipinski definition) is 2. The number of rotatable bonds is 4. The van der Waals surface area contributed by atoms with Gasteiger partial charge in [0.1, 0.15) is 0 Å². The number of H-pyrrole nitrogens is 1. The third-order valence-corrected chi connectivity index (χ3v) is 2.51. The number of aromatic nitrogens is 1. The number of hydrogen-bond acceptors (Lipinski definition) is 2. The Labute approximate surface area is 89.2 Å². The molecule has 0 saturated heterocycles. The molecule has 0 aliphatic heterocycles. The van der Waals surface area contributed by atoms with Crippen molar-refractivity contribution >= 4 is 16.6 Å². The van der Waals surface area contributed by atoms with Gasteiger partial charge in [0.15, 0.2) is 0 Å². The van der Waals surface area contributed by atoms with Gasteiger partial charge in [-0.3, -0.25) is 0 Å². The van der Waals surface area contributed by atoms with Crippen LogP contribution in [0.4, 0.5) is 5.69 Å². The molecule has 3 N–H and O–H groups in total. The molecule has 0 bridgehead atoms. The van der Waals surface area contributed by atoms with Gasteiger partial charge in [0, 0.05) is 29.4 Å². The smallest absolute Gasteiger partial charge is 0.0507 e. The first kappa shape index (κ1) is 10.1. The van der Waals surface area contributed by atoms with E-state index < -0.39 is 0 Å². The van der Waals surface area contributed by atoms with Crippen LogP contribution < -0.4 is 5.73 Å². The van der Waals surface area contributed by atoms with Gasteiger partial charge in [-0.25, -0.2) is 0 Å². The van der Waals surface area contributed by atoms with E-state index in [1.54, 1.807) is 0 Å². The maximum absolute atomic E-state index is 5.71.